The van der Waals surface area contributed by atoms with E-state index in [0.717, 1.165) is 6.42 Å². The summed E-state index contributed by atoms with van der Waals surface area (Å²) < 4.78 is 16.2. The number of carbonyl (C=O) groups is 2. The third-order valence-corrected chi connectivity index (χ3v) is 3.60. The lowest BCUT2D eigenvalue weighted by Crippen LogP contribution is -2.35. The molecule has 0 fully saturated rings. The molecule has 0 aromatic heterocycles. The molecule has 1 heterocycles. The van der Waals surface area contributed by atoms with Crippen LogP contribution in [0.4, 0.5) is 0 Å². The number of benzene rings is 1. The molecule has 25 heavy (non-hydrogen) atoms. The van der Waals surface area contributed by atoms with Gasteiger partial charge in [-0.1, -0.05) is 17.7 Å². The summed E-state index contributed by atoms with van der Waals surface area (Å²) in [6.07, 6.45) is 4.18. The second kappa shape index (κ2) is 9.13. The first-order valence-corrected chi connectivity index (χ1v) is 8.25. The summed E-state index contributed by atoms with van der Waals surface area (Å²) in [5.41, 5.74) is 0.662. The van der Waals surface area contributed by atoms with Gasteiger partial charge in [-0.2, -0.15) is 0 Å². The highest BCUT2D eigenvalue weighted by atomic mass is 35.5. The summed E-state index contributed by atoms with van der Waals surface area (Å²) in [6.45, 7) is 6.38. The van der Waals surface area contributed by atoms with Gasteiger partial charge in [0.1, 0.15) is 0 Å². The highest BCUT2D eigenvalue weighted by Gasteiger charge is 2.17. The lowest BCUT2D eigenvalue weighted by Gasteiger charge is -2.11. The summed E-state index contributed by atoms with van der Waals surface area (Å²) in [5.74, 6) is 0.0198. The van der Waals surface area contributed by atoms with Crippen LogP contribution in [-0.2, 0) is 14.3 Å². The fourth-order valence-corrected chi connectivity index (χ4v) is 2.37. The number of fused-ring (bicyclic) bond motifs is 1. The van der Waals surface area contributed by atoms with Gasteiger partial charge in [-0.15, -0.1) is 6.58 Å². The topological polar surface area (TPSA) is 73.9 Å². The molecule has 0 unspecified atom stereocenters. The third kappa shape index (κ3) is 5.53. The van der Waals surface area contributed by atoms with Gasteiger partial charge in [0.15, 0.2) is 17.6 Å². The maximum atomic E-state index is 11.8. The van der Waals surface area contributed by atoms with Crippen molar-refractivity contribution in [2.45, 2.75) is 19.4 Å². The number of halogens is 1. The first-order chi connectivity index (χ1) is 12.0. The molecule has 6 nitrogen and oxygen atoms in total. The Labute approximate surface area is 151 Å². The van der Waals surface area contributed by atoms with E-state index in [1.807, 2.05) is 0 Å². The lowest BCUT2D eigenvalue weighted by atomic mass is 10.2. The van der Waals surface area contributed by atoms with Gasteiger partial charge in [-0.3, -0.25) is 4.79 Å². The zero-order chi connectivity index (χ0) is 18.2. The summed E-state index contributed by atoms with van der Waals surface area (Å²) in [4.78, 5) is 23.5. The van der Waals surface area contributed by atoms with Crippen molar-refractivity contribution < 1.29 is 23.8 Å². The second-order valence-corrected chi connectivity index (χ2v) is 5.73. The zero-order valence-electron chi connectivity index (χ0n) is 13.9. The van der Waals surface area contributed by atoms with Crippen molar-refractivity contribution in [3.63, 3.8) is 0 Å². The lowest BCUT2D eigenvalue weighted by molar-refractivity contribution is -0.150. The van der Waals surface area contributed by atoms with Crippen LogP contribution in [0.25, 0.3) is 6.08 Å². The molecule has 0 bridgehead atoms. The number of ether oxygens (including phenoxy) is 3. The van der Waals surface area contributed by atoms with E-state index in [-0.39, 0.29) is 5.91 Å². The molecule has 7 heteroatoms. The summed E-state index contributed by atoms with van der Waals surface area (Å²) >= 11 is 6.19. The van der Waals surface area contributed by atoms with Crippen LogP contribution in [0.1, 0.15) is 18.9 Å². The Morgan fingerprint density at radius 1 is 1.40 bits per heavy atom. The quantitative estimate of drug-likeness (QED) is 0.476. The summed E-state index contributed by atoms with van der Waals surface area (Å²) in [7, 11) is 0. The van der Waals surface area contributed by atoms with E-state index in [9.17, 15) is 9.59 Å². The van der Waals surface area contributed by atoms with Crippen molar-refractivity contribution in [1.29, 1.82) is 0 Å². The number of nitrogens with one attached hydrogen (secondary N) is 1. The molecular formula is C18H20ClNO5. The predicted octanol–water partition coefficient (Wildman–Crippen LogP) is 2.75. The van der Waals surface area contributed by atoms with Crippen molar-refractivity contribution in [3.8, 4) is 11.5 Å². The van der Waals surface area contributed by atoms with Crippen LogP contribution in [0.15, 0.2) is 30.9 Å². The Balaban J connectivity index is 2.00. The van der Waals surface area contributed by atoms with E-state index < -0.39 is 12.1 Å². The number of hydrogen-bond acceptors (Lipinski definition) is 5. The molecule has 0 spiro atoms. The summed E-state index contributed by atoms with van der Waals surface area (Å²) in [6, 6.07) is 3.40. The van der Waals surface area contributed by atoms with Crippen LogP contribution in [0.3, 0.4) is 0 Å². The second-order valence-electron chi connectivity index (χ2n) is 5.33. The van der Waals surface area contributed by atoms with E-state index in [1.54, 1.807) is 18.2 Å². The zero-order valence-corrected chi connectivity index (χ0v) is 14.7. The Hall–Kier alpha value is -2.47. The molecule has 1 aromatic rings. The monoisotopic (exact) mass is 365 g/mol. The Morgan fingerprint density at radius 3 is 2.92 bits per heavy atom. The molecule has 0 radical (unpaired) electrons. The SMILES string of the molecule is C=CCNC(=O)[C@H](C)OC(=O)/C=C/c1cc(Cl)c2c(c1)OCCCO2. The first kappa shape index (κ1) is 18.9. The van der Waals surface area contributed by atoms with E-state index in [1.165, 1.54) is 19.1 Å². The average molecular weight is 366 g/mol. The van der Waals surface area contributed by atoms with Crippen LogP contribution >= 0.6 is 11.6 Å². The number of hydrogen-bond donors (Lipinski definition) is 1. The van der Waals surface area contributed by atoms with Crippen molar-refractivity contribution >= 4 is 29.6 Å². The minimum atomic E-state index is -0.899. The van der Waals surface area contributed by atoms with Crippen molar-refractivity contribution in [1.82, 2.24) is 5.32 Å². The molecule has 1 aromatic carbocycles. The van der Waals surface area contributed by atoms with Gasteiger partial charge in [0.25, 0.3) is 5.91 Å². The average Bonchev–Trinajstić information content (AvgIpc) is 2.83. The molecule has 1 aliphatic heterocycles. The van der Waals surface area contributed by atoms with Crippen molar-refractivity contribution in [2.75, 3.05) is 19.8 Å². The van der Waals surface area contributed by atoms with E-state index >= 15 is 0 Å². The fourth-order valence-electron chi connectivity index (χ4n) is 2.09. The minimum Gasteiger partial charge on any atom is -0.489 e. The molecule has 0 aliphatic carbocycles. The van der Waals surface area contributed by atoms with E-state index in [2.05, 4.69) is 11.9 Å². The molecule has 0 saturated carbocycles. The number of rotatable bonds is 6. The van der Waals surface area contributed by atoms with Gasteiger partial charge in [0.2, 0.25) is 0 Å². The highest BCUT2D eigenvalue weighted by molar-refractivity contribution is 6.32. The van der Waals surface area contributed by atoms with Crippen LogP contribution in [0, 0.1) is 0 Å². The molecule has 1 atom stereocenters. The normalized spacial score (nSPS) is 14.5. The molecule has 1 N–H and O–H groups in total. The Morgan fingerprint density at radius 2 is 2.16 bits per heavy atom. The molecule has 134 valence electrons. The first-order valence-electron chi connectivity index (χ1n) is 7.87. The molecule has 2 rings (SSSR count). The number of esters is 1. The van der Waals surface area contributed by atoms with Gasteiger partial charge >= 0.3 is 5.97 Å². The minimum absolute atomic E-state index is 0.312. The van der Waals surface area contributed by atoms with Crippen molar-refractivity contribution in [3.05, 3.63) is 41.4 Å². The van der Waals surface area contributed by atoms with Gasteiger partial charge < -0.3 is 19.5 Å². The predicted molar refractivity (Wildman–Crippen MR) is 94.9 cm³/mol. The van der Waals surface area contributed by atoms with E-state index in [4.69, 9.17) is 25.8 Å². The fraction of sp³-hybridized carbons (Fsp3) is 0.333. The largest absolute Gasteiger partial charge is 0.489 e. The molecular weight excluding hydrogens is 346 g/mol. The van der Waals surface area contributed by atoms with Crippen LogP contribution in [-0.4, -0.2) is 37.7 Å². The molecule has 1 aliphatic rings. The van der Waals surface area contributed by atoms with Gasteiger partial charge in [0.05, 0.1) is 18.2 Å². The van der Waals surface area contributed by atoms with Gasteiger partial charge in [-0.25, -0.2) is 4.79 Å². The van der Waals surface area contributed by atoms with E-state index in [0.29, 0.717) is 41.8 Å². The standard InChI is InChI=1S/C18H20ClNO5/c1-3-7-20-18(22)12(2)25-16(21)6-5-13-10-14(19)17-15(11-13)23-8-4-9-24-17/h3,5-6,10-12H,1,4,7-9H2,2H3,(H,20,22)/b6-5+/t12-/m0/s1. The van der Waals surface area contributed by atoms with Crippen LogP contribution in [0.5, 0.6) is 11.5 Å². The molecule has 0 saturated heterocycles. The number of amides is 1. The Bertz CT molecular complexity index is 686. The maximum Gasteiger partial charge on any atom is 0.331 e. The summed E-state index contributed by atoms with van der Waals surface area (Å²) in [5, 5.41) is 2.96. The smallest absolute Gasteiger partial charge is 0.331 e. The highest BCUT2D eigenvalue weighted by Crippen LogP contribution is 2.38. The van der Waals surface area contributed by atoms with Crippen molar-refractivity contribution in [2.24, 2.45) is 0 Å². The van der Waals surface area contributed by atoms with Crippen LogP contribution < -0.4 is 14.8 Å². The Kier molecular flexibility index (Phi) is 6.89. The maximum absolute atomic E-state index is 11.8. The molecule has 1 amide bonds. The number of carbonyl (C=O) groups excluding carboxylic acids is 2. The van der Waals surface area contributed by atoms with Crippen LogP contribution in [0.2, 0.25) is 5.02 Å². The van der Waals surface area contributed by atoms with Gasteiger partial charge in [0, 0.05) is 19.0 Å². The third-order valence-electron chi connectivity index (χ3n) is 3.32. The van der Waals surface area contributed by atoms with Gasteiger partial charge in [-0.05, 0) is 30.7 Å².